The molecule has 0 aliphatic heterocycles. The molecule has 0 saturated heterocycles. The predicted octanol–water partition coefficient (Wildman–Crippen LogP) is 3.86. The van der Waals surface area contributed by atoms with Crippen molar-refractivity contribution in [1.29, 1.82) is 0 Å². The van der Waals surface area contributed by atoms with Crippen molar-refractivity contribution in [3.63, 3.8) is 0 Å². The van der Waals surface area contributed by atoms with Crippen molar-refractivity contribution in [2.75, 3.05) is 0 Å². The Bertz CT molecular complexity index is 593. The molecule has 1 unspecified atom stereocenters. The van der Waals surface area contributed by atoms with E-state index in [0.717, 1.165) is 16.7 Å². The fourth-order valence-corrected chi connectivity index (χ4v) is 2.11. The second kappa shape index (κ2) is 5.49. The second-order valence-electron chi connectivity index (χ2n) is 4.82. The first-order valence-electron chi connectivity index (χ1n) is 6.16. The molecule has 0 spiro atoms. The molecule has 0 saturated carbocycles. The van der Waals surface area contributed by atoms with Gasteiger partial charge in [0.05, 0.1) is 6.10 Å². The van der Waals surface area contributed by atoms with Gasteiger partial charge in [-0.15, -0.1) is 0 Å². The zero-order valence-corrected chi connectivity index (χ0v) is 11.0. The molecule has 2 aromatic carbocycles. The quantitative estimate of drug-likeness (QED) is 0.890. The topological polar surface area (TPSA) is 20.2 Å². The summed E-state index contributed by atoms with van der Waals surface area (Å²) < 4.78 is 26.7. The van der Waals surface area contributed by atoms with E-state index in [9.17, 15) is 13.9 Å². The van der Waals surface area contributed by atoms with Gasteiger partial charge in [0.15, 0.2) is 0 Å². The number of aliphatic hydroxyl groups excluding tert-OH is 1. The van der Waals surface area contributed by atoms with E-state index in [1.165, 1.54) is 18.2 Å². The average Bonchev–Trinajstić information content (AvgIpc) is 2.32. The summed E-state index contributed by atoms with van der Waals surface area (Å²) in [6.45, 7) is 3.57. The Kier molecular flexibility index (Phi) is 3.96. The Hall–Kier alpha value is -1.74. The molecule has 1 nitrogen and oxygen atoms in total. The van der Waals surface area contributed by atoms with Crippen LogP contribution in [0.3, 0.4) is 0 Å². The molecule has 0 radical (unpaired) electrons. The van der Waals surface area contributed by atoms with Crippen LogP contribution >= 0.6 is 0 Å². The van der Waals surface area contributed by atoms with Crippen molar-refractivity contribution >= 4 is 0 Å². The van der Waals surface area contributed by atoms with E-state index in [1.807, 2.05) is 0 Å². The molecule has 0 bridgehead atoms. The SMILES string of the molecule is Cc1ccc(C(O)Cc2ccc(F)cc2C)c(F)c1. The van der Waals surface area contributed by atoms with Gasteiger partial charge >= 0.3 is 0 Å². The Morgan fingerprint density at radius 2 is 1.79 bits per heavy atom. The van der Waals surface area contributed by atoms with E-state index < -0.39 is 11.9 Å². The number of benzene rings is 2. The molecule has 1 N–H and O–H groups in total. The van der Waals surface area contributed by atoms with E-state index in [-0.39, 0.29) is 17.8 Å². The number of hydrogen-bond donors (Lipinski definition) is 1. The molecule has 0 aliphatic carbocycles. The number of halogens is 2. The lowest BCUT2D eigenvalue weighted by Crippen LogP contribution is -2.06. The highest BCUT2D eigenvalue weighted by molar-refractivity contribution is 5.30. The summed E-state index contributed by atoms with van der Waals surface area (Å²) in [6.07, 6.45) is -0.656. The van der Waals surface area contributed by atoms with Gasteiger partial charge in [0.25, 0.3) is 0 Å². The summed E-state index contributed by atoms with van der Waals surface area (Å²) in [5.41, 5.74) is 2.65. The van der Waals surface area contributed by atoms with Gasteiger partial charge in [-0.25, -0.2) is 8.78 Å². The van der Waals surface area contributed by atoms with Crippen LogP contribution in [-0.2, 0) is 6.42 Å². The van der Waals surface area contributed by atoms with E-state index in [1.54, 1.807) is 32.0 Å². The zero-order chi connectivity index (χ0) is 14.0. The first-order chi connectivity index (χ1) is 8.97. The summed E-state index contributed by atoms with van der Waals surface area (Å²) in [4.78, 5) is 0. The van der Waals surface area contributed by atoms with Crippen LogP contribution in [0.25, 0.3) is 0 Å². The molecule has 0 aromatic heterocycles. The van der Waals surface area contributed by atoms with Crippen LogP contribution in [0, 0.1) is 25.5 Å². The van der Waals surface area contributed by atoms with E-state index in [4.69, 9.17) is 0 Å². The predicted molar refractivity (Wildman–Crippen MR) is 70.9 cm³/mol. The zero-order valence-electron chi connectivity index (χ0n) is 11.0. The van der Waals surface area contributed by atoms with Gasteiger partial charge < -0.3 is 5.11 Å². The standard InChI is InChI=1S/C16H16F2O/c1-10-3-6-14(15(18)7-10)16(19)9-12-4-5-13(17)8-11(12)2/h3-8,16,19H,9H2,1-2H3. The number of hydrogen-bond acceptors (Lipinski definition) is 1. The lowest BCUT2D eigenvalue weighted by atomic mass is 9.97. The number of aryl methyl sites for hydroxylation is 2. The van der Waals surface area contributed by atoms with Crippen LogP contribution in [0.15, 0.2) is 36.4 Å². The van der Waals surface area contributed by atoms with Crippen LogP contribution in [0.2, 0.25) is 0 Å². The fraction of sp³-hybridized carbons (Fsp3) is 0.250. The second-order valence-corrected chi connectivity index (χ2v) is 4.82. The van der Waals surface area contributed by atoms with Gasteiger partial charge in [0, 0.05) is 12.0 Å². The third-order valence-electron chi connectivity index (χ3n) is 3.23. The minimum absolute atomic E-state index is 0.270. The Morgan fingerprint density at radius 3 is 2.42 bits per heavy atom. The molecule has 0 aliphatic rings. The van der Waals surface area contributed by atoms with Gasteiger partial charge in [-0.05, 0) is 48.7 Å². The van der Waals surface area contributed by atoms with Gasteiger partial charge in [0.2, 0.25) is 0 Å². The van der Waals surface area contributed by atoms with E-state index in [2.05, 4.69) is 0 Å². The highest BCUT2D eigenvalue weighted by atomic mass is 19.1. The van der Waals surface area contributed by atoms with Gasteiger partial charge in [-0.1, -0.05) is 18.2 Å². The van der Waals surface area contributed by atoms with Crippen molar-refractivity contribution in [2.24, 2.45) is 0 Å². The van der Waals surface area contributed by atoms with Crippen molar-refractivity contribution in [3.05, 3.63) is 70.3 Å². The smallest absolute Gasteiger partial charge is 0.129 e. The molecule has 19 heavy (non-hydrogen) atoms. The maximum Gasteiger partial charge on any atom is 0.129 e. The van der Waals surface area contributed by atoms with Gasteiger partial charge in [0.1, 0.15) is 11.6 Å². The molecule has 2 aromatic rings. The molecule has 0 amide bonds. The summed E-state index contributed by atoms with van der Waals surface area (Å²) >= 11 is 0. The molecular formula is C16H16F2O. The fourth-order valence-electron chi connectivity index (χ4n) is 2.11. The summed E-state index contributed by atoms with van der Waals surface area (Å²) in [7, 11) is 0. The van der Waals surface area contributed by atoms with Gasteiger partial charge in [-0.2, -0.15) is 0 Å². The Balaban J connectivity index is 2.23. The minimum atomic E-state index is -0.926. The average molecular weight is 262 g/mol. The summed E-state index contributed by atoms with van der Waals surface area (Å²) in [6, 6.07) is 9.14. The van der Waals surface area contributed by atoms with Crippen LogP contribution in [0.5, 0.6) is 0 Å². The normalized spacial score (nSPS) is 12.5. The lowest BCUT2D eigenvalue weighted by molar-refractivity contribution is 0.173. The van der Waals surface area contributed by atoms with Crippen LogP contribution in [-0.4, -0.2) is 5.11 Å². The molecule has 100 valence electrons. The summed E-state index contributed by atoms with van der Waals surface area (Å²) in [5.74, 6) is -0.718. The van der Waals surface area contributed by atoms with Crippen LogP contribution in [0.1, 0.15) is 28.4 Å². The molecule has 0 fully saturated rings. The molecule has 1 atom stereocenters. The third kappa shape index (κ3) is 3.18. The van der Waals surface area contributed by atoms with E-state index in [0.29, 0.717) is 0 Å². The lowest BCUT2D eigenvalue weighted by Gasteiger charge is -2.14. The van der Waals surface area contributed by atoms with Gasteiger partial charge in [-0.3, -0.25) is 0 Å². The number of rotatable bonds is 3. The highest BCUT2D eigenvalue weighted by Gasteiger charge is 2.14. The molecule has 0 heterocycles. The van der Waals surface area contributed by atoms with Crippen molar-refractivity contribution in [1.82, 2.24) is 0 Å². The van der Waals surface area contributed by atoms with Crippen molar-refractivity contribution < 1.29 is 13.9 Å². The highest BCUT2D eigenvalue weighted by Crippen LogP contribution is 2.23. The maximum atomic E-state index is 13.7. The third-order valence-corrected chi connectivity index (χ3v) is 3.23. The number of aliphatic hydroxyl groups is 1. The Labute approximate surface area is 111 Å². The van der Waals surface area contributed by atoms with Crippen LogP contribution < -0.4 is 0 Å². The largest absolute Gasteiger partial charge is 0.388 e. The van der Waals surface area contributed by atoms with Crippen molar-refractivity contribution in [3.8, 4) is 0 Å². The van der Waals surface area contributed by atoms with Crippen molar-refractivity contribution in [2.45, 2.75) is 26.4 Å². The minimum Gasteiger partial charge on any atom is -0.388 e. The first kappa shape index (κ1) is 13.7. The Morgan fingerprint density at radius 1 is 1.05 bits per heavy atom. The van der Waals surface area contributed by atoms with Crippen LogP contribution in [0.4, 0.5) is 8.78 Å². The summed E-state index contributed by atoms with van der Waals surface area (Å²) in [5, 5.41) is 10.1. The maximum absolute atomic E-state index is 13.7. The first-order valence-corrected chi connectivity index (χ1v) is 6.16. The molecule has 2 rings (SSSR count). The van der Waals surface area contributed by atoms with E-state index >= 15 is 0 Å². The molecule has 3 heteroatoms. The molecular weight excluding hydrogens is 246 g/mol. The monoisotopic (exact) mass is 262 g/mol.